The molecule has 7 heteroatoms. The van der Waals surface area contributed by atoms with Crippen LogP contribution >= 0.6 is 11.8 Å². The maximum atomic E-state index is 12.7. The van der Waals surface area contributed by atoms with Crippen molar-refractivity contribution in [1.82, 2.24) is 25.1 Å². The van der Waals surface area contributed by atoms with E-state index in [1.165, 1.54) is 22.9 Å². The number of fused-ring (bicyclic) bond motifs is 3. The van der Waals surface area contributed by atoms with Gasteiger partial charge in [-0.1, -0.05) is 95.3 Å². The summed E-state index contributed by atoms with van der Waals surface area (Å²) >= 11 is 1.39. The third kappa shape index (κ3) is 5.67. The summed E-state index contributed by atoms with van der Waals surface area (Å²) in [5.74, 6) is 0.0362. The van der Waals surface area contributed by atoms with Crippen LogP contribution in [0.25, 0.3) is 22.1 Å². The Labute approximate surface area is 211 Å². The van der Waals surface area contributed by atoms with Crippen molar-refractivity contribution in [1.29, 1.82) is 0 Å². The normalized spacial score (nSPS) is 12.8. The van der Waals surface area contributed by atoms with E-state index in [2.05, 4.69) is 84.2 Å². The van der Waals surface area contributed by atoms with Crippen molar-refractivity contribution in [3.63, 3.8) is 0 Å². The number of aromatic nitrogens is 4. The highest BCUT2D eigenvalue weighted by Crippen LogP contribution is 2.30. The molecule has 6 nitrogen and oxygen atoms in total. The first-order valence-electron chi connectivity index (χ1n) is 12.5. The van der Waals surface area contributed by atoms with Gasteiger partial charge < -0.3 is 9.88 Å². The maximum absolute atomic E-state index is 12.7. The van der Waals surface area contributed by atoms with Crippen molar-refractivity contribution in [3.05, 3.63) is 59.7 Å². The molecule has 1 atom stereocenters. The molecule has 4 aromatic rings. The van der Waals surface area contributed by atoms with Gasteiger partial charge in [-0.15, -0.1) is 10.2 Å². The summed E-state index contributed by atoms with van der Waals surface area (Å²) in [5.41, 5.74) is 5.30. The highest BCUT2D eigenvalue weighted by atomic mass is 32.2. The fourth-order valence-electron chi connectivity index (χ4n) is 4.14. The minimum atomic E-state index is -0.242. The van der Waals surface area contributed by atoms with Crippen LogP contribution < -0.4 is 5.32 Å². The molecule has 2 aromatic carbocycles. The highest BCUT2D eigenvalue weighted by molar-refractivity contribution is 8.00. The van der Waals surface area contributed by atoms with Crippen LogP contribution in [0.1, 0.15) is 65.0 Å². The van der Waals surface area contributed by atoms with Crippen molar-refractivity contribution in [2.24, 2.45) is 0 Å². The Kier molecular flexibility index (Phi) is 7.75. The highest BCUT2D eigenvalue weighted by Gasteiger charge is 2.21. The molecule has 0 aliphatic carbocycles. The fourth-order valence-corrected chi connectivity index (χ4v) is 4.98. The Morgan fingerprint density at radius 1 is 1.06 bits per heavy atom. The lowest BCUT2D eigenvalue weighted by Gasteiger charge is -2.19. The molecular weight excluding hydrogens is 454 g/mol. The van der Waals surface area contributed by atoms with Gasteiger partial charge >= 0.3 is 0 Å². The van der Waals surface area contributed by atoms with Gasteiger partial charge in [0.05, 0.1) is 10.8 Å². The summed E-state index contributed by atoms with van der Waals surface area (Å²) in [4.78, 5) is 17.6. The Bertz CT molecular complexity index is 1310. The smallest absolute Gasteiger partial charge is 0.233 e. The number of nitrogens with one attached hydrogen (secondary N) is 1. The topological polar surface area (TPSA) is 72.7 Å². The lowest BCUT2D eigenvalue weighted by atomic mass is 9.87. The van der Waals surface area contributed by atoms with Gasteiger partial charge in [-0.05, 0) is 35.4 Å². The van der Waals surface area contributed by atoms with Crippen molar-refractivity contribution in [3.8, 4) is 0 Å². The molecule has 1 amide bonds. The van der Waals surface area contributed by atoms with Crippen LogP contribution in [0.4, 0.5) is 0 Å². The lowest BCUT2D eigenvalue weighted by molar-refractivity contribution is -0.120. The molecule has 0 saturated carbocycles. The lowest BCUT2D eigenvalue weighted by Crippen LogP contribution is -2.33. The number of para-hydroxylation sites is 1. The van der Waals surface area contributed by atoms with Crippen LogP contribution in [-0.2, 0) is 16.8 Å². The zero-order valence-electron chi connectivity index (χ0n) is 21.3. The number of hydrogen-bond acceptors (Lipinski definition) is 5. The third-order valence-electron chi connectivity index (χ3n) is 6.26. The molecule has 0 spiro atoms. The molecule has 0 aliphatic rings. The first kappa shape index (κ1) is 25.2. The first-order chi connectivity index (χ1) is 16.8. The van der Waals surface area contributed by atoms with Gasteiger partial charge in [-0.2, -0.15) is 0 Å². The van der Waals surface area contributed by atoms with Gasteiger partial charge in [0.15, 0.2) is 5.65 Å². The number of nitrogens with zero attached hydrogens (tertiary/aromatic N) is 4. The van der Waals surface area contributed by atoms with E-state index in [0.717, 1.165) is 34.9 Å². The van der Waals surface area contributed by atoms with Gasteiger partial charge in [0.2, 0.25) is 11.1 Å². The van der Waals surface area contributed by atoms with Gasteiger partial charge in [-0.3, -0.25) is 4.79 Å². The molecule has 1 unspecified atom stereocenters. The maximum Gasteiger partial charge on any atom is 0.233 e. The van der Waals surface area contributed by atoms with Crippen LogP contribution in [-0.4, -0.2) is 37.5 Å². The second kappa shape index (κ2) is 10.8. The van der Waals surface area contributed by atoms with Gasteiger partial charge in [0.1, 0.15) is 5.52 Å². The van der Waals surface area contributed by atoms with Crippen molar-refractivity contribution < 1.29 is 4.79 Å². The molecule has 0 radical (unpaired) electrons. The number of carbonyl (C=O) groups excluding carboxylic acids is 1. The van der Waals surface area contributed by atoms with E-state index in [-0.39, 0.29) is 16.6 Å². The third-order valence-corrected chi connectivity index (χ3v) is 7.47. The number of benzene rings is 2. The van der Waals surface area contributed by atoms with Gasteiger partial charge in [-0.25, -0.2) is 4.98 Å². The Hall–Kier alpha value is -2.93. The zero-order chi connectivity index (χ0) is 25.0. The van der Waals surface area contributed by atoms with Crippen molar-refractivity contribution >= 4 is 39.7 Å². The molecule has 1 N–H and O–H groups in total. The van der Waals surface area contributed by atoms with E-state index in [4.69, 9.17) is 4.98 Å². The standard InChI is InChI=1S/C28H35N5OS/c1-6-8-17-29-26(34)23(7-2)35-27-30-25-24(31-32-27)21-11-9-10-12-22(21)33(25)18-19-13-15-20(16-14-19)28(3,4)5/h9-16,23H,6-8,17-18H2,1-5H3,(H,29,34). The molecule has 2 heterocycles. The van der Waals surface area contributed by atoms with E-state index < -0.39 is 0 Å². The zero-order valence-corrected chi connectivity index (χ0v) is 22.2. The summed E-state index contributed by atoms with van der Waals surface area (Å²) in [6, 6.07) is 17.0. The van der Waals surface area contributed by atoms with E-state index in [0.29, 0.717) is 24.7 Å². The van der Waals surface area contributed by atoms with E-state index in [9.17, 15) is 4.79 Å². The second-order valence-electron chi connectivity index (χ2n) is 9.98. The van der Waals surface area contributed by atoms with Crippen LogP contribution in [0.15, 0.2) is 53.7 Å². The summed E-state index contributed by atoms with van der Waals surface area (Å²) in [6.45, 7) is 12.2. The van der Waals surface area contributed by atoms with Gasteiger partial charge in [0.25, 0.3) is 0 Å². The molecule has 0 fully saturated rings. The number of rotatable bonds is 9. The minimum absolute atomic E-state index is 0.0362. The van der Waals surface area contributed by atoms with Gasteiger partial charge in [0, 0.05) is 18.5 Å². The monoisotopic (exact) mass is 489 g/mol. The molecule has 184 valence electrons. The van der Waals surface area contributed by atoms with Crippen LogP contribution in [0.5, 0.6) is 0 Å². The number of unbranched alkanes of at least 4 members (excludes halogenated alkanes) is 1. The average Bonchev–Trinajstić information content (AvgIpc) is 3.15. The number of thioether (sulfide) groups is 1. The van der Waals surface area contributed by atoms with E-state index in [1.54, 1.807) is 0 Å². The predicted molar refractivity (Wildman–Crippen MR) is 145 cm³/mol. The molecule has 35 heavy (non-hydrogen) atoms. The van der Waals surface area contributed by atoms with Crippen LogP contribution in [0.2, 0.25) is 0 Å². The minimum Gasteiger partial charge on any atom is -0.355 e. The largest absolute Gasteiger partial charge is 0.355 e. The molecule has 0 aliphatic heterocycles. The Morgan fingerprint density at radius 3 is 2.49 bits per heavy atom. The predicted octanol–water partition coefficient (Wildman–Crippen LogP) is 6.11. The summed E-state index contributed by atoms with van der Waals surface area (Å²) in [5, 5.41) is 13.3. The molecule has 0 bridgehead atoms. The first-order valence-corrected chi connectivity index (χ1v) is 13.3. The average molecular weight is 490 g/mol. The van der Waals surface area contributed by atoms with E-state index >= 15 is 0 Å². The van der Waals surface area contributed by atoms with Crippen LogP contribution in [0, 0.1) is 0 Å². The molecule has 4 rings (SSSR count). The number of hydrogen-bond donors (Lipinski definition) is 1. The number of carbonyl (C=O) groups is 1. The second-order valence-corrected chi connectivity index (χ2v) is 11.1. The SMILES string of the molecule is CCCCNC(=O)C(CC)Sc1nnc2c3ccccc3n(Cc3ccc(C(C)(C)C)cc3)c2n1. The molecule has 2 aromatic heterocycles. The van der Waals surface area contributed by atoms with Crippen LogP contribution in [0.3, 0.4) is 0 Å². The Morgan fingerprint density at radius 2 is 1.80 bits per heavy atom. The van der Waals surface area contributed by atoms with Crippen molar-refractivity contribution in [2.45, 2.75) is 76.2 Å². The van der Waals surface area contributed by atoms with Crippen molar-refractivity contribution in [2.75, 3.05) is 6.54 Å². The number of amides is 1. The molecule has 0 saturated heterocycles. The summed E-state index contributed by atoms with van der Waals surface area (Å²) < 4.78 is 2.21. The Balaban J connectivity index is 1.67. The fraction of sp³-hybridized carbons (Fsp3) is 0.429. The quantitative estimate of drug-likeness (QED) is 0.227. The van der Waals surface area contributed by atoms with E-state index in [1.807, 2.05) is 19.1 Å². The summed E-state index contributed by atoms with van der Waals surface area (Å²) in [7, 11) is 0. The summed E-state index contributed by atoms with van der Waals surface area (Å²) in [6.07, 6.45) is 2.73. The molecular formula is C28H35N5OS.